The van der Waals surface area contributed by atoms with Gasteiger partial charge in [0, 0.05) is 13.1 Å². The highest BCUT2D eigenvalue weighted by atomic mass is 16.3. The summed E-state index contributed by atoms with van der Waals surface area (Å²) >= 11 is 0. The zero-order valence-corrected chi connectivity index (χ0v) is 10.3. The van der Waals surface area contributed by atoms with Crippen LogP contribution >= 0.6 is 0 Å². The van der Waals surface area contributed by atoms with Gasteiger partial charge in [0.2, 0.25) is 0 Å². The summed E-state index contributed by atoms with van der Waals surface area (Å²) in [6.07, 6.45) is 5.26. The Hall–Kier alpha value is -0.380. The Balaban J connectivity index is 2.28. The smallest absolute Gasteiger partial charge is 0.0670 e. The van der Waals surface area contributed by atoms with Crippen LogP contribution in [-0.4, -0.2) is 47.0 Å². The first-order valence-electron chi connectivity index (χ1n) is 6.33. The fourth-order valence-electron chi connectivity index (χ4n) is 2.35. The Morgan fingerprint density at radius 1 is 1.50 bits per heavy atom. The van der Waals surface area contributed by atoms with E-state index >= 15 is 0 Å². The Morgan fingerprint density at radius 3 is 2.88 bits per heavy atom. The second-order valence-electron chi connectivity index (χ2n) is 4.92. The zero-order chi connectivity index (χ0) is 12.0. The van der Waals surface area contributed by atoms with Crippen molar-refractivity contribution < 1.29 is 10.2 Å². The molecule has 0 aromatic heterocycles. The molecule has 3 nitrogen and oxygen atoms in total. The number of hydrogen-bond donors (Lipinski definition) is 2. The minimum Gasteiger partial charge on any atom is -0.393 e. The largest absolute Gasteiger partial charge is 0.393 e. The van der Waals surface area contributed by atoms with Gasteiger partial charge in [0.15, 0.2) is 0 Å². The number of hydrogen-bond acceptors (Lipinski definition) is 3. The zero-order valence-electron chi connectivity index (χ0n) is 10.3. The van der Waals surface area contributed by atoms with Crippen LogP contribution in [0.4, 0.5) is 0 Å². The van der Waals surface area contributed by atoms with Crippen molar-refractivity contribution in [3.63, 3.8) is 0 Å². The van der Waals surface area contributed by atoms with Gasteiger partial charge < -0.3 is 15.1 Å². The van der Waals surface area contributed by atoms with Crippen molar-refractivity contribution in [2.45, 2.75) is 44.8 Å². The summed E-state index contributed by atoms with van der Waals surface area (Å²) < 4.78 is 0. The number of piperidine rings is 1. The second-order valence-corrected chi connectivity index (χ2v) is 4.92. The maximum absolute atomic E-state index is 9.81. The topological polar surface area (TPSA) is 43.7 Å². The van der Waals surface area contributed by atoms with Crippen LogP contribution < -0.4 is 0 Å². The molecule has 1 fully saturated rings. The highest BCUT2D eigenvalue weighted by Gasteiger charge is 2.24. The SMILES string of the molecule is C=CCCC(O)CN1CCCC(C(C)O)C1. The molecular formula is C13H25NO2. The van der Waals surface area contributed by atoms with Crippen molar-refractivity contribution in [2.75, 3.05) is 19.6 Å². The molecule has 0 saturated carbocycles. The summed E-state index contributed by atoms with van der Waals surface area (Å²) in [5.41, 5.74) is 0. The quantitative estimate of drug-likeness (QED) is 0.674. The summed E-state index contributed by atoms with van der Waals surface area (Å²) in [5.74, 6) is 0.375. The van der Waals surface area contributed by atoms with E-state index in [9.17, 15) is 10.2 Å². The van der Waals surface area contributed by atoms with Crippen molar-refractivity contribution >= 4 is 0 Å². The maximum Gasteiger partial charge on any atom is 0.0670 e. The number of allylic oxidation sites excluding steroid dienone is 1. The molecule has 3 heteroatoms. The molecule has 1 saturated heterocycles. The van der Waals surface area contributed by atoms with E-state index in [1.807, 2.05) is 13.0 Å². The first-order chi connectivity index (χ1) is 7.63. The summed E-state index contributed by atoms with van der Waals surface area (Å²) in [4.78, 5) is 2.27. The third-order valence-electron chi connectivity index (χ3n) is 3.40. The van der Waals surface area contributed by atoms with E-state index in [-0.39, 0.29) is 12.2 Å². The van der Waals surface area contributed by atoms with Gasteiger partial charge in [-0.1, -0.05) is 6.08 Å². The maximum atomic E-state index is 9.81. The van der Waals surface area contributed by atoms with E-state index in [0.717, 1.165) is 45.3 Å². The molecule has 16 heavy (non-hydrogen) atoms. The lowest BCUT2D eigenvalue weighted by atomic mass is 9.93. The van der Waals surface area contributed by atoms with Gasteiger partial charge in [0.1, 0.15) is 0 Å². The van der Waals surface area contributed by atoms with Gasteiger partial charge in [-0.25, -0.2) is 0 Å². The van der Waals surface area contributed by atoms with Crippen LogP contribution in [0.2, 0.25) is 0 Å². The van der Waals surface area contributed by atoms with Gasteiger partial charge >= 0.3 is 0 Å². The van der Waals surface area contributed by atoms with E-state index in [4.69, 9.17) is 0 Å². The monoisotopic (exact) mass is 227 g/mol. The van der Waals surface area contributed by atoms with Crippen LogP contribution in [0.25, 0.3) is 0 Å². The van der Waals surface area contributed by atoms with Crippen LogP contribution in [-0.2, 0) is 0 Å². The van der Waals surface area contributed by atoms with Crippen molar-refractivity contribution in [1.29, 1.82) is 0 Å². The average molecular weight is 227 g/mol. The summed E-state index contributed by atoms with van der Waals surface area (Å²) in [6, 6.07) is 0. The van der Waals surface area contributed by atoms with E-state index in [1.165, 1.54) is 0 Å². The van der Waals surface area contributed by atoms with Crippen LogP contribution in [0.15, 0.2) is 12.7 Å². The molecule has 1 heterocycles. The van der Waals surface area contributed by atoms with Crippen LogP contribution in [0, 0.1) is 5.92 Å². The van der Waals surface area contributed by atoms with Crippen molar-refractivity contribution in [2.24, 2.45) is 5.92 Å². The number of aliphatic hydroxyl groups excluding tert-OH is 2. The van der Waals surface area contributed by atoms with Gasteiger partial charge in [-0.3, -0.25) is 0 Å². The molecule has 1 aliphatic rings. The van der Waals surface area contributed by atoms with Crippen LogP contribution in [0.3, 0.4) is 0 Å². The lowest BCUT2D eigenvalue weighted by Crippen LogP contribution is -2.42. The molecule has 0 aromatic carbocycles. The molecular weight excluding hydrogens is 202 g/mol. The number of likely N-dealkylation sites (tertiary alicyclic amines) is 1. The normalized spacial score (nSPS) is 26.3. The molecule has 3 atom stereocenters. The minimum atomic E-state index is -0.259. The van der Waals surface area contributed by atoms with E-state index in [0.29, 0.717) is 5.92 Å². The number of nitrogens with zero attached hydrogens (tertiary/aromatic N) is 1. The number of rotatable bonds is 6. The van der Waals surface area contributed by atoms with Crippen LogP contribution in [0.1, 0.15) is 32.6 Å². The van der Waals surface area contributed by atoms with Gasteiger partial charge in [-0.05, 0) is 45.1 Å². The third-order valence-corrected chi connectivity index (χ3v) is 3.40. The molecule has 2 N–H and O–H groups in total. The minimum absolute atomic E-state index is 0.229. The molecule has 0 amide bonds. The summed E-state index contributed by atoms with van der Waals surface area (Å²) in [5, 5.41) is 19.4. The Labute approximate surface area is 98.8 Å². The van der Waals surface area contributed by atoms with Crippen LogP contribution in [0.5, 0.6) is 0 Å². The van der Waals surface area contributed by atoms with E-state index in [2.05, 4.69) is 11.5 Å². The fraction of sp³-hybridized carbons (Fsp3) is 0.846. The third kappa shape index (κ3) is 4.64. The van der Waals surface area contributed by atoms with Gasteiger partial charge in [0.05, 0.1) is 12.2 Å². The Kier molecular flexibility index (Phi) is 6.03. The first kappa shape index (κ1) is 13.7. The molecule has 1 rings (SSSR count). The highest BCUT2D eigenvalue weighted by molar-refractivity contribution is 4.78. The molecule has 3 unspecified atom stereocenters. The van der Waals surface area contributed by atoms with E-state index in [1.54, 1.807) is 0 Å². The fourth-order valence-corrected chi connectivity index (χ4v) is 2.35. The number of β-amino-alcohol motifs (C(OH)–C–C–N with tert-alkyl or cyclic N) is 1. The Morgan fingerprint density at radius 2 is 2.25 bits per heavy atom. The van der Waals surface area contributed by atoms with Crippen molar-refractivity contribution in [1.82, 2.24) is 4.90 Å². The highest BCUT2D eigenvalue weighted by Crippen LogP contribution is 2.20. The lowest BCUT2D eigenvalue weighted by Gasteiger charge is -2.35. The molecule has 0 bridgehead atoms. The molecule has 94 valence electrons. The summed E-state index contributed by atoms with van der Waals surface area (Å²) in [6.45, 7) is 8.22. The van der Waals surface area contributed by atoms with Gasteiger partial charge in [-0.2, -0.15) is 0 Å². The van der Waals surface area contributed by atoms with Gasteiger partial charge in [0.25, 0.3) is 0 Å². The number of aliphatic hydroxyl groups is 2. The predicted molar refractivity (Wildman–Crippen MR) is 66.3 cm³/mol. The van der Waals surface area contributed by atoms with E-state index < -0.39 is 0 Å². The predicted octanol–water partition coefficient (Wildman–Crippen LogP) is 1.41. The average Bonchev–Trinajstić information content (AvgIpc) is 2.26. The summed E-state index contributed by atoms with van der Waals surface area (Å²) in [7, 11) is 0. The Bertz CT molecular complexity index is 206. The standard InChI is InChI=1S/C13H25NO2/c1-3-4-7-13(16)10-14-8-5-6-12(9-14)11(2)15/h3,11-13,15-16H,1,4-10H2,2H3. The van der Waals surface area contributed by atoms with Crippen molar-refractivity contribution in [3.05, 3.63) is 12.7 Å². The molecule has 0 aliphatic carbocycles. The lowest BCUT2D eigenvalue weighted by molar-refractivity contribution is 0.0363. The molecule has 1 aliphatic heterocycles. The molecule has 0 radical (unpaired) electrons. The molecule has 0 aromatic rings. The second kappa shape index (κ2) is 7.05. The molecule has 0 spiro atoms. The van der Waals surface area contributed by atoms with Crippen molar-refractivity contribution in [3.8, 4) is 0 Å². The van der Waals surface area contributed by atoms with Gasteiger partial charge in [-0.15, -0.1) is 6.58 Å². The first-order valence-corrected chi connectivity index (χ1v) is 6.33.